The fraction of sp³-hybridized carbons (Fsp3) is 0.143. The molecular weight excluding hydrogens is 390 g/mol. The normalized spacial score (nSPS) is 12.4. The number of fused-ring (bicyclic) bond motifs is 1. The van der Waals surface area contributed by atoms with Crippen LogP contribution in [0.4, 0.5) is 5.69 Å². The Hall–Kier alpha value is -3.70. The Morgan fingerprint density at radius 2 is 2.03 bits per heavy atom. The first-order valence-corrected chi connectivity index (χ1v) is 9.54. The van der Waals surface area contributed by atoms with Crippen molar-refractivity contribution < 1.29 is 18.9 Å². The summed E-state index contributed by atoms with van der Waals surface area (Å²) >= 11 is 1.40. The highest BCUT2D eigenvalue weighted by Gasteiger charge is 2.16. The molecule has 0 spiro atoms. The summed E-state index contributed by atoms with van der Waals surface area (Å²) < 4.78 is 21.3. The van der Waals surface area contributed by atoms with Crippen LogP contribution in [0, 0.1) is 11.3 Å². The van der Waals surface area contributed by atoms with Crippen LogP contribution in [0.15, 0.2) is 48.0 Å². The van der Waals surface area contributed by atoms with E-state index in [1.165, 1.54) is 11.3 Å². The minimum absolute atomic E-state index is 0.225. The molecule has 1 aliphatic heterocycles. The van der Waals surface area contributed by atoms with Crippen LogP contribution < -0.4 is 24.3 Å². The summed E-state index contributed by atoms with van der Waals surface area (Å²) in [6, 6.07) is 13.3. The van der Waals surface area contributed by atoms with Crippen molar-refractivity contribution >= 4 is 22.6 Å². The summed E-state index contributed by atoms with van der Waals surface area (Å²) in [6.45, 7) is 0.225. The van der Waals surface area contributed by atoms with Crippen LogP contribution in [-0.2, 0) is 0 Å². The number of nitrogens with one attached hydrogen (secondary N) is 1. The first kappa shape index (κ1) is 18.7. The molecule has 7 nitrogen and oxygen atoms in total. The second-order valence-electron chi connectivity index (χ2n) is 5.99. The van der Waals surface area contributed by atoms with Crippen molar-refractivity contribution in [2.45, 2.75) is 0 Å². The fourth-order valence-electron chi connectivity index (χ4n) is 2.80. The van der Waals surface area contributed by atoms with Crippen LogP contribution in [0.25, 0.3) is 16.8 Å². The van der Waals surface area contributed by atoms with Gasteiger partial charge in [0, 0.05) is 23.2 Å². The van der Waals surface area contributed by atoms with E-state index in [4.69, 9.17) is 18.9 Å². The molecule has 0 saturated heterocycles. The molecular formula is C21H17N3O4S. The number of rotatable bonds is 6. The summed E-state index contributed by atoms with van der Waals surface area (Å²) in [5.41, 5.74) is 2.80. The maximum absolute atomic E-state index is 9.59. The van der Waals surface area contributed by atoms with Crippen molar-refractivity contribution in [2.24, 2.45) is 0 Å². The molecule has 1 aliphatic rings. The molecule has 8 heteroatoms. The molecule has 0 bridgehead atoms. The van der Waals surface area contributed by atoms with E-state index in [9.17, 15) is 5.26 Å². The van der Waals surface area contributed by atoms with E-state index in [0.717, 1.165) is 17.0 Å². The molecule has 0 fully saturated rings. The lowest BCUT2D eigenvalue weighted by atomic mass is 10.1. The molecule has 0 unspecified atom stereocenters. The quantitative estimate of drug-likeness (QED) is 0.601. The van der Waals surface area contributed by atoms with E-state index in [0.29, 0.717) is 33.5 Å². The first-order chi connectivity index (χ1) is 14.2. The third kappa shape index (κ3) is 3.81. The molecule has 1 N–H and O–H groups in total. The lowest BCUT2D eigenvalue weighted by Gasteiger charge is -2.10. The summed E-state index contributed by atoms with van der Waals surface area (Å²) in [5.74, 6) is 2.71. The molecule has 0 saturated carbocycles. The molecule has 146 valence electrons. The zero-order valence-electron chi connectivity index (χ0n) is 15.8. The van der Waals surface area contributed by atoms with Gasteiger partial charge in [-0.2, -0.15) is 5.26 Å². The number of nitrogens with zero attached hydrogens (tertiary/aromatic N) is 2. The number of hydrogen-bond donors (Lipinski definition) is 1. The van der Waals surface area contributed by atoms with Gasteiger partial charge in [0.05, 0.1) is 25.6 Å². The number of ether oxygens (including phenoxy) is 4. The van der Waals surface area contributed by atoms with Gasteiger partial charge in [-0.3, -0.25) is 0 Å². The van der Waals surface area contributed by atoms with Crippen LogP contribution in [0.3, 0.4) is 0 Å². The molecule has 3 aromatic rings. The average Bonchev–Trinajstić information content (AvgIpc) is 3.43. The number of methoxy groups -OCH3 is 2. The average molecular weight is 407 g/mol. The number of nitriles is 1. The van der Waals surface area contributed by atoms with Crippen molar-refractivity contribution in [1.29, 1.82) is 5.26 Å². The Bertz CT molecular complexity index is 1120. The van der Waals surface area contributed by atoms with Crippen molar-refractivity contribution in [3.8, 4) is 40.3 Å². The monoisotopic (exact) mass is 407 g/mol. The number of thiazole rings is 1. The Morgan fingerprint density at radius 3 is 2.83 bits per heavy atom. The first-order valence-electron chi connectivity index (χ1n) is 8.66. The zero-order valence-corrected chi connectivity index (χ0v) is 16.6. The van der Waals surface area contributed by atoms with Gasteiger partial charge in [-0.25, -0.2) is 4.98 Å². The van der Waals surface area contributed by atoms with Gasteiger partial charge in [0.2, 0.25) is 6.79 Å². The van der Waals surface area contributed by atoms with Crippen molar-refractivity contribution in [3.63, 3.8) is 0 Å². The van der Waals surface area contributed by atoms with Gasteiger partial charge in [0.25, 0.3) is 0 Å². The summed E-state index contributed by atoms with van der Waals surface area (Å²) in [7, 11) is 3.17. The molecule has 0 atom stereocenters. The maximum atomic E-state index is 9.59. The van der Waals surface area contributed by atoms with Gasteiger partial charge in [0.1, 0.15) is 28.1 Å². The smallest absolute Gasteiger partial charge is 0.231 e. The van der Waals surface area contributed by atoms with Crippen LogP contribution in [0.2, 0.25) is 0 Å². The summed E-state index contributed by atoms with van der Waals surface area (Å²) in [6.07, 6.45) is 1.62. The molecule has 2 aromatic carbocycles. The highest BCUT2D eigenvalue weighted by Crippen LogP contribution is 2.36. The number of hydrogen-bond acceptors (Lipinski definition) is 8. The number of aromatic nitrogens is 1. The minimum Gasteiger partial charge on any atom is -0.497 e. The SMILES string of the molecule is COc1ccc(N/C=C(/C#N)c2nc(-c3ccc4c(c3)OCO4)cs2)c(OC)c1. The lowest BCUT2D eigenvalue weighted by molar-refractivity contribution is 0.174. The largest absolute Gasteiger partial charge is 0.497 e. The van der Waals surface area contributed by atoms with Crippen LogP contribution in [0.1, 0.15) is 5.01 Å². The van der Waals surface area contributed by atoms with Crippen LogP contribution in [0.5, 0.6) is 23.0 Å². The Balaban J connectivity index is 1.57. The number of anilines is 1. The van der Waals surface area contributed by atoms with Crippen LogP contribution in [-0.4, -0.2) is 26.0 Å². The summed E-state index contributed by atoms with van der Waals surface area (Å²) in [4.78, 5) is 4.60. The van der Waals surface area contributed by atoms with E-state index in [1.54, 1.807) is 26.5 Å². The second-order valence-corrected chi connectivity index (χ2v) is 6.84. The Labute approximate surface area is 171 Å². The van der Waals surface area contributed by atoms with E-state index >= 15 is 0 Å². The van der Waals surface area contributed by atoms with E-state index < -0.39 is 0 Å². The minimum atomic E-state index is 0.225. The summed E-state index contributed by atoms with van der Waals surface area (Å²) in [5, 5.41) is 15.2. The maximum Gasteiger partial charge on any atom is 0.231 e. The third-order valence-electron chi connectivity index (χ3n) is 4.30. The topological polar surface area (TPSA) is 85.6 Å². The standard InChI is InChI=1S/C21H17N3O4S/c1-25-15-4-5-16(19(8-15)26-2)23-10-14(9-22)21-24-17(11-29-21)13-3-6-18-20(7-13)28-12-27-18/h3-8,10-11,23H,12H2,1-2H3/b14-10-. The van der Waals surface area contributed by atoms with Crippen molar-refractivity contribution in [2.75, 3.05) is 26.3 Å². The van der Waals surface area contributed by atoms with Crippen molar-refractivity contribution in [1.82, 2.24) is 4.98 Å². The molecule has 0 radical (unpaired) electrons. The lowest BCUT2D eigenvalue weighted by Crippen LogP contribution is -1.95. The molecule has 29 heavy (non-hydrogen) atoms. The fourth-order valence-corrected chi connectivity index (χ4v) is 3.59. The number of benzene rings is 2. The third-order valence-corrected chi connectivity index (χ3v) is 5.18. The Morgan fingerprint density at radius 1 is 1.17 bits per heavy atom. The predicted octanol–water partition coefficient (Wildman–Crippen LogP) is 4.53. The molecule has 4 rings (SSSR count). The van der Waals surface area contributed by atoms with Gasteiger partial charge >= 0.3 is 0 Å². The van der Waals surface area contributed by atoms with E-state index in [2.05, 4.69) is 16.4 Å². The molecule has 0 amide bonds. The Kier molecular flexibility index (Phi) is 5.22. The van der Waals surface area contributed by atoms with E-state index in [-0.39, 0.29) is 6.79 Å². The zero-order chi connectivity index (χ0) is 20.2. The van der Waals surface area contributed by atoms with Gasteiger partial charge in [-0.05, 0) is 30.3 Å². The highest BCUT2D eigenvalue weighted by atomic mass is 32.1. The van der Waals surface area contributed by atoms with Gasteiger partial charge in [0.15, 0.2) is 11.5 Å². The molecule has 2 heterocycles. The van der Waals surface area contributed by atoms with E-state index in [1.807, 2.05) is 35.7 Å². The van der Waals surface area contributed by atoms with Crippen molar-refractivity contribution in [3.05, 3.63) is 53.0 Å². The molecule has 1 aromatic heterocycles. The van der Waals surface area contributed by atoms with Crippen LogP contribution >= 0.6 is 11.3 Å². The predicted molar refractivity (Wildman–Crippen MR) is 110 cm³/mol. The highest BCUT2D eigenvalue weighted by molar-refractivity contribution is 7.11. The van der Waals surface area contributed by atoms with Gasteiger partial charge in [-0.1, -0.05) is 0 Å². The van der Waals surface area contributed by atoms with Gasteiger partial charge in [-0.15, -0.1) is 11.3 Å². The number of allylic oxidation sites excluding steroid dienone is 1. The molecule has 0 aliphatic carbocycles. The van der Waals surface area contributed by atoms with Gasteiger partial charge < -0.3 is 24.3 Å². The second kappa shape index (κ2) is 8.12.